The second-order valence-electron chi connectivity index (χ2n) is 11.9. The molecule has 8 nitrogen and oxygen atoms in total. The van der Waals surface area contributed by atoms with Crippen LogP contribution < -0.4 is 16.4 Å². The van der Waals surface area contributed by atoms with E-state index in [-0.39, 0.29) is 12.1 Å². The van der Waals surface area contributed by atoms with E-state index in [1.165, 1.54) is 32.1 Å². The molecule has 6 saturated carbocycles. The lowest BCUT2D eigenvalue weighted by molar-refractivity contribution is -0.390. The number of carbonyl (C=O) groups is 2. The van der Waals surface area contributed by atoms with Crippen LogP contribution in [0.5, 0.6) is 0 Å². The predicted molar refractivity (Wildman–Crippen MR) is 119 cm³/mol. The molecule has 7 aliphatic rings. The van der Waals surface area contributed by atoms with Gasteiger partial charge in [-0.1, -0.05) is 0 Å². The van der Waals surface area contributed by atoms with E-state index in [0.717, 1.165) is 63.2 Å². The van der Waals surface area contributed by atoms with E-state index in [1.807, 2.05) is 0 Å². The highest BCUT2D eigenvalue weighted by atomic mass is 17.3. The van der Waals surface area contributed by atoms with Crippen LogP contribution in [0.3, 0.4) is 0 Å². The lowest BCUT2D eigenvalue weighted by Gasteiger charge is -2.57. The van der Waals surface area contributed by atoms with Crippen LogP contribution in [0.4, 0.5) is 0 Å². The van der Waals surface area contributed by atoms with E-state index in [4.69, 9.17) is 20.2 Å². The Morgan fingerprint density at radius 3 is 2.09 bits per heavy atom. The molecular weight excluding hydrogens is 422 g/mol. The van der Waals surface area contributed by atoms with Crippen LogP contribution >= 0.6 is 0 Å². The van der Waals surface area contributed by atoms with E-state index >= 15 is 0 Å². The predicted octanol–water partition coefficient (Wildman–Crippen LogP) is 2.51. The summed E-state index contributed by atoms with van der Waals surface area (Å²) in [5, 5.41) is 5.70. The average molecular weight is 462 g/mol. The molecule has 0 aromatic carbocycles. The van der Waals surface area contributed by atoms with Crippen molar-refractivity contribution in [3.05, 3.63) is 0 Å². The van der Waals surface area contributed by atoms with Crippen LogP contribution in [0.25, 0.3) is 0 Å². The van der Waals surface area contributed by atoms with Gasteiger partial charge >= 0.3 is 11.8 Å². The van der Waals surface area contributed by atoms with Gasteiger partial charge in [-0.15, -0.1) is 0 Å². The molecule has 0 unspecified atom stereocenters. The van der Waals surface area contributed by atoms with Crippen LogP contribution in [-0.4, -0.2) is 42.0 Å². The summed E-state index contributed by atoms with van der Waals surface area (Å²) in [5.41, 5.74) is 5.91. The monoisotopic (exact) mass is 461 g/mol. The summed E-state index contributed by atoms with van der Waals surface area (Å²) in [6.07, 6.45) is 13.1. The minimum Gasteiger partial charge on any atom is -0.348 e. The number of ether oxygens (including phenoxy) is 1. The first-order chi connectivity index (χ1) is 15.9. The fourth-order valence-corrected chi connectivity index (χ4v) is 7.95. The maximum absolute atomic E-state index is 12.3. The van der Waals surface area contributed by atoms with Gasteiger partial charge in [0.1, 0.15) is 0 Å². The Bertz CT molecular complexity index is 744. The SMILES string of the molecule is NC1CCC(NC(=O)C(=O)NCC2CCC3(CC2)OOC2(O3)C3CC4CC(C3)CC2C4)CC1. The van der Waals surface area contributed by atoms with Crippen LogP contribution in [0.15, 0.2) is 0 Å². The van der Waals surface area contributed by atoms with Crippen molar-refractivity contribution < 1.29 is 24.1 Å². The van der Waals surface area contributed by atoms with Crippen molar-refractivity contribution in [1.29, 1.82) is 0 Å². The van der Waals surface area contributed by atoms with Gasteiger partial charge in [-0.05, 0) is 88.4 Å². The molecule has 2 spiro atoms. The lowest BCUT2D eigenvalue weighted by atomic mass is 9.53. The van der Waals surface area contributed by atoms with Crippen molar-refractivity contribution in [3.8, 4) is 0 Å². The van der Waals surface area contributed by atoms with Gasteiger partial charge in [-0.2, -0.15) is 9.78 Å². The number of hydrogen-bond acceptors (Lipinski definition) is 6. The third kappa shape index (κ3) is 4.11. The summed E-state index contributed by atoms with van der Waals surface area (Å²) >= 11 is 0. The van der Waals surface area contributed by atoms with Crippen molar-refractivity contribution in [2.45, 2.75) is 107 Å². The number of nitrogens with two attached hydrogens (primary N) is 1. The topological polar surface area (TPSA) is 112 Å². The Labute approximate surface area is 195 Å². The molecule has 33 heavy (non-hydrogen) atoms. The highest BCUT2D eigenvalue weighted by Crippen LogP contribution is 2.63. The van der Waals surface area contributed by atoms with Crippen molar-refractivity contribution in [2.24, 2.45) is 35.3 Å². The Morgan fingerprint density at radius 2 is 1.45 bits per heavy atom. The molecule has 1 saturated heterocycles. The summed E-state index contributed by atoms with van der Waals surface area (Å²) in [4.78, 5) is 36.6. The highest BCUT2D eigenvalue weighted by molar-refractivity contribution is 6.35. The third-order valence-electron chi connectivity index (χ3n) is 9.68. The van der Waals surface area contributed by atoms with Gasteiger partial charge in [0.25, 0.3) is 0 Å². The Balaban J connectivity index is 0.966. The van der Waals surface area contributed by atoms with E-state index < -0.39 is 23.4 Å². The second-order valence-corrected chi connectivity index (χ2v) is 11.9. The second kappa shape index (κ2) is 8.47. The molecule has 0 atom stereocenters. The van der Waals surface area contributed by atoms with Gasteiger partial charge in [0.05, 0.1) is 0 Å². The van der Waals surface area contributed by atoms with Gasteiger partial charge in [-0.3, -0.25) is 9.59 Å². The lowest BCUT2D eigenvalue weighted by Crippen LogP contribution is -2.59. The molecule has 0 aromatic rings. The van der Waals surface area contributed by atoms with Gasteiger partial charge in [0, 0.05) is 43.3 Å². The minimum atomic E-state index is -0.630. The third-order valence-corrected chi connectivity index (χ3v) is 9.68. The number of nitrogens with one attached hydrogen (secondary N) is 2. The standard InChI is InChI=1S/C25H39N3O5/c26-20-1-3-21(4-2-20)28-23(30)22(29)27-14-15-5-7-24(8-6-15)31-25(33-32-24)18-10-16-9-17(12-18)13-19(25)11-16/h15-21H,1-14,26H2,(H,27,29)(H,28,30). The molecule has 0 aromatic heterocycles. The summed E-state index contributed by atoms with van der Waals surface area (Å²) in [5.74, 6) is 0.777. The average Bonchev–Trinajstić information content (AvgIpc) is 3.18. The first-order valence-corrected chi connectivity index (χ1v) is 13.3. The molecule has 184 valence electrons. The molecule has 0 radical (unpaired) electrons. The van der Waals surface area contributed by atoms with E-state index in [9.17, 15) is 9.59 Å². The summed E-state index contributed by atoms with van der Waals surface area (Å²) in [6.45, 7) is 0.512. The van der Waals surface area contributed by atoms with E-state index in [2.05, 4.69) is 10.6 Å². The maximum Gasteiger partial charge on any atom is 0.309 e. The van der Waals surface area contributed by atoms with Crippen molar-refractivity contribution in [1.82, 2.24) is 10.6 Å². The molecule has 4 N–H and O–H groups in total. The van der Waals surface area contributed by atoms with Crippen LogP contribution in [0.2, 0.25) is 0 Å². The number of rotatable bonds is 3. The minimum absolute atomic E-state index is 0.0618. The van der Waals surface area contributed by atoms with Crippen molar-refractivity contribution in [2.75, 3.05) is 6.54 Å². The number of hydrogen-bond donors (Lipinski definition) is 3. The van der Waals surface area contributed by atoms with Gasteiger partial charge in [0.2, 0.25) is 11.6 Å². The van der Waals surface area contributed by atoms with Gasteiger partial charge in [-0.25, -0.2) is 0 Å². The molecule has 1 aliphatic heterocycles. The normalized spacial score (nSPS) is 48.3. The maximum atomic E-state index is 12.3. The summed E-state index contributed by atoms with van der Waals surface area (Å²) in [6, 6.07) is 0.282. The molecule has 7 rings (SSSR count). The molecule has 1 heterocycles. The fourth-order valence-electron chi connectivity index (χ4n) is 7.95. The molecular formula is C25H39N3O5. The fraction of sp³-hybridized carbons (Fsp3) is 0.920. The largest absolute Gasteiger partial charge is 0.348 e. The molecule has 7 fully saturated rings. The van der Waals surface area contributed by atoms with Gasteiger partial charge in [0.15, 0.2) is 0 Å². The smallest absolute Gasteiger partial charge is 0.309 e. The quantitative estimate of drug-likeness (QED) is 0.440. The Hall–Kier alpha value is -1.22. The van der Waals surface area contributed by atoms with Crippen LogP contribution in [0.1, 0.15) is 83.5 Å². The van der Waals surface area contributed by atoms with Crippen molar-refractivity contribution >= 4 is 11.8 Å². The zero-order chi connectivity index (χ0) is 22.6. The Kier molecular flexibility index (Phi) is 5.71. The molecule has 8 heteroatoms. The number of carbonyl (C=O) groups excluding carboxylic acids is 2. The summed E-state index contributed by atoms with van der Waals surface area (Å²) < 4.78 is 6.75. The highest BCUT2D eigenvalue weighted by Gasteiger charge is 2.66. The first-order valence-electron chi connectivity index (χ1n) is 13.3. The summed E-state index contributed by atoms with van der Waals surface area (Å²) in [7, 11) is 0. The van der Waals surface area contributed by atoms with Crippen LogP contribution in [-0.2, 0) is 24.1 Å². The van der Waals surface area contributed by atoms with Crippen molar-refractivity contribution in [3.63, 3.8) is 0 Å². The van der Waals surface area contributed by atoms with Crippen LogP contribution in [0, 0.1) is 29.6 Å². The molecule has 2 amide bonds. The zero-order valence-electron chi connectivity index (χ0n) is 19.6. The molecule has 4 bridgehead atoms. The van der Waals surface area contributed by atoms with E-state index in [1.54, 1.807) is 0 Å². The van der Waals surface area contributed by atoms with E-state index in [0.29, 0.717) is 24.3 Å². The first kappa shape index (κ1) is 22.3. The van der Waals surface area contributed by atoms with Gasteiger partial charge < -0.3 is 21.1 Å². The Morgan fingerprint density at radius 1 is 0.818 bits per heavy atom. The molecule has 6 aliphatic carbocycles. The zero-order valence-corrected chi connectivity index (χ0v) is 19.6. The number of amides is 2.